The first-order valence-corrected chi connectivity index (χ1v) is 7.45. The number of aliphatic hydroxyl groups is 1. The van der Waals surface area contributed by atoms with Crippen LogP contribution in [0.25, 0.3) is 0 Å². The van der Waals surface area contributed by atoms with Crippen LogP contribution in [0.2, 0.25) is 0 Å². The van der Waals surface area contributed by atoms with Gasteiger partial charge in [0.15, 0.2) is 17.2 Å². The van der Waals surface area contributed by atoms with Gasteiger partial charge in [-0.1, -0.05) is 12.1 Å². The molecule has 6 nitrogen and oxygen atoms in total. The van der Waals surface area contributed by atoms with Gasteiger partial charge in [0.1, 0.15) is 5.76 Å². The Morgan fingerprint density at radius 2 is 2.00 bits per heavy atom. The van der Waals surface area contributed by atoms with Gasteiger partial charge >= 0.3 is 5.97 Å². The summed E-state index contributed by atoms with van der Waals surface area (Å²) >= 11 is 0. The van der Waals surface area contributed by atoms with Gasteiger partial charge in [0, 0.05) is 12.6 Å². The normalized spacial score (nSPS) is 20.5. The van der Waals surface area contributed by atoms with Crippen molar-refractivity contribution in [2.75, 3.05) is 7.05 Å². The maximum Gasteiger partial charge on any atom is 0.344 e. The van der Waals surface area contributed by atoms with E-state index in [9.17, 15) is 28.6 Å². The number of rotatable bonds is 3. The highest BCUT2D eigenvalue weighted by Gasteiger charge is 2.54. The molecule has 2 aliphatic rings. The number of carbonyl (C=O) groups excluding carboxylic acids is 1. The Balaban J connectivity index is 2.04. The number of carbonyl (C=O) groups is 2. The molecule has 0 unspecified atom stereocenters. The number of aliphatic carboxylic acids is 1. The lowest BCUT2D eigenvalue weighted by Crippen LogP contribution is -2.65. The molecule has 1 aromatic rings. The number of hydrazine groups is 1. The number of nitrogens with zero attached hydrogens (tertiary/aromatic N) is 2. The van der Waals surface area contributed by atoms with Crippen LogP contribution in [0.4, 0.5) is 8.78 Å². The maximum absolute atomic E-state index is 13.9. The van der Waals surface area contributed by atoms with E-state index in [-0.39, 0.29) is 12.1 Å². The molecule has 1 aromatic carbocycles. The summed E-state index contributed by atoms with van der Waals surface area (Å²) in [6, 6.07) is 3.60. The molecule has 1 spiro atoms. The van der Waals surface area contributed by atoms with E-state index in [0.717, 1.165) is 17.5 Å². The molecule has 1 amide bonds. The third kappa shape index (κ3) is 2.17. The van der Waals surface area contributed by atoms with Crippen LogP contribution in [0.15, 0.2) is 29.5 Å². The fraction of sp³-hybridized carbons (Fsp3) is 0.375. The Labute approximate surface area is 136 Å². The van der Waals surface area contributed by atoms with E-state index >= 15 is 0 Å². The van der Waals surface area contributed by atoms with E-state index in [1.54, 1.807) is 0 Å². The summed E-state index contributed by atoms with van der Waals surface area (Å²) < 4.78 is 27.3. The standard InChI is InChI=1S/C16H16F2N2O4/c1-19-16(6-3-7-16)13(21)11(15(23)24)14(22)20(19)8-9-4-2-5-10(17)12(9)18/h2,4-5,21H,3,6-8H2,1H3,(H,23,24). The molecule has 1 saturated carbocycles. The van der Waals surface area contributed by atoms with Crippen molar-refractivity contribution in [3.05, 3.63) is 46.7 Å². The number of hydrogen-bond acceptors (Lipinski definition) is 4. The minimum Gasteiger partial charge on any atom is -0.509 e. The molecule has 1 heterocycles. The molecule has 2 N–H and O–H groups in total. The summed E-state index contributed by atoms with van der Waals surface area (Å²) in [5, 5.41) is 22.1. The Kier molecular flexibility index (Phi) is 3.79. The molecule has 3 rings (SSSR count). The van der Waals surface area contributed by atoms with Gasteiger partial charge in [0.05, 0.1) is 12.1 Å². The van der Waals surface area contributed by atoms with E-state index in [2.05, 4.69) is 0 Å². The highest BCUT2D eigenvalue weighted by atomic mass is 19.2. The number of halogens is 2. The van der Waals surface area contributed by atoms with Crippen molar-refractivity contribution in [1.29, 1.82) is 0 Å². The van der Waals surface area contributed by atoms with E-state index in [1.165, 1.54) is 24.2 Å². The van der Waals surface area contributed by atoms with Crippen molar-refractivity contribution in [3.8, 4) is 0 Å². The molecule has 0 aromatic heterocycles. The van der Waals surface area contributed by atoms with Gasteiger partial charge in [-0.15, -0.1) is 0 Å². The first-order chi connectivity index (χ1) is 11.3. The van der Waals surface area contributed by atoms with Crippen molar-refractivity contribution in [2.24, 2.45) is 0 Å². The van der Waals surface area contributed by atoms with Crippen molar-refractivity contribution in [2.45, 2.75) is 31.3 Å². The van der Waals surface area contributed by atoms with Crippen LogP contribution in [0.3, 0.4) is 0 Å². The number of carboxylic acid groups (broad SMARTS) is 1. The quantitative estimate of drug-likeness (QED) is 0.824. The first kappa shape index (κ1) is 16.4. The Morgan fingerprint density at radius 1 is 1.33 bits per heavy atom. The third-order valence-corrected chi connectivity index (χ3v) is 4.85. The van der Waals surface area contributed by atoms with Crippen LogP contribution in [-0.2, 0) is 16.1 Å². The van der Waals surface area contributed by atoms with Gasteiger partial charge in [-0.25, -0.2) is 18.6 Å². The van der Waals surface area contributed by atoms with Gasteiger partial charge in [-0.05, 0) is 25.3 Å². The van der Waals surface area contributed by atoms with Gasteiger partial charge in [0.2, 0.25) is 0 Å². The smallest absolute Gasteiger partial charge is 0.344 e. The third-order valence-electron chi connectivity index (χ3n) is 4.85. The first-order valence-electron chi connectivity index (χ1n) is 7.45. The average Bonchev–Trinajstić information content (AvgIpc) is 2.46. The van der Waals surface area contributed by atoms with Crippen LogP contribution in [0, 0.1) is 11.6 Å². The lowest BCUT2D eigenvalue weighted by Gasteiger charge is -2.54. The monoisotopic (exact) mass is 338 g/mol. The lowest BCUT2D eigenvalue weighted by molar-refractivity contribution is -0.174. The molecule has 0 saturated heterocycles. The number of benzene rings is 1. The molecule has 1 aliphatic heterocycles. The number of hydrogen-bond donors (Lipinski definition) is 2. The van der Waals surface area contributed by atoms with Gasteiger partial charge < -0.3 is 10.2 Å². The zero-order valence-corrected chi connectivity index (χ0v) is 12.9. The number of likely N-dealkylation sites (N-methyl/N-ethyl adjacent to an activating group) is 1. The summed E-state index contributed by atoms with van der Waals surface area (Å²) in [5.41, 5.74) is -1.77. The number of carboxylic acids is 1. The minimum atomic E-state index is -1.54. The molecule has 8 heteroatoms. The highest BCUT2D eigenvalue weighted by Crippen LogP contribution is 2.46. The summed E-state index contributed by atoms with van der Waals surface area (Å²) in [4.78, 5) is 23.9. The second-order valence-electron chi connectivity index (χ2n) is 6.01. The zero-order valence-electron chi connectivity index (χ0n) is 12.9. The molecule has 0 bridgehead atoms. The van der Waals surface area contributed by atoms with E-state index in [1.807, 2.05) is 0 Å². The second-order valence-corrected chi connectivity index (χ2v) is 6.01. The van der Waals surface area contributed by atoms with Crippen molar-refractivity contribution in [3.63, 3.8) is 0 Å². The summed E-state index contributed by atoms with van der Waals surface area (Å²) in [7, 11) is 1.53. The summed E-state index contributed by atoms with van der Waals surface area (Å²) in [5.74, 6) is -5.10. The predicted molar refractivity (Wildman–Crippen MR) is 78.5 cm³/mol. The SMILES string of the molecule is CN1N(Cc2cccc(F)c2F)C(=O)C(C(=O)O)=C(O)C12CCC2. The minimum absolute atomic E-state index is 0.0733. The second kappa shape index (κ2) is 5.55. The van der Waals surface area contributed by atoms with Crippen molar-refractivity contribution < 1.29 is 28.6 Å². The van der Waals surface area contributed by atoms with E-state index in [0.29, 0.717) is 12.8 Å². The van der Waals surface area contributed by atoms with Crippen LogP contribution < -0.4 is 0 Å². The van der Waals surface area contributed by atoms with E-state index in [4.69, 9.17) is 0 Å². The van der Waals surface area contributed by atoms with Crippen LogP contribution >= 0.6 is 0 Å². The molecule has 0 atom stereocenters. The fourth-order valence-corrected chi connectivity index (χ4v) is 3.26. The molecule has 1 aliphatic carbocycles. The predicted octanol–water partition coefficient (Wildman–Crippen LogP) is 1.97. The Hall–Kier alpha value is -2.48. The van der Waals surface area contributed by atoms with Gasteiger partial charge in [-0.3, -0.25) is 9.80 Å². The largest absolute Gasteiger partial charge is 0.509 e. The number of aliphatic hydroxyl groups excluding tert-OH is 1. The zero-order chi connectivity index (χ0) is 17.6. The average molecular weight is 338 g/mol. The lowest BCUT2D eigenvalue weighted by atomic mass is 9.72. The summed E-state index contributed by atoms with van der Waals surface area (Å²) in [6.07, 6.45) is 1.71. The van der Waals surface area contributed by atoms with Gasteiger partial charge in [0.25, 0.3) is 5.91 Å². The van der Waals surface area contributed by atoms with Crippen molar-refractivity contribution >= 4 is 11.9 Å². The molecular formula is C16H16F2N2O4. The van der Waals surface area contributed by atoms with Crippen molar-refractivity contribution in [1.82, 2.24) is 10.0 Å². The highest BCUT2D eigenvalue weighted by molar-refractivity contribution is 6.16. The van der Waals surface area contributed by atoms with Crippen LogP contribution in [-0.4, -0.2) is 44.7 Å². The Bertz CT molecular complexity index is 758. The maximum atomic E-state index is 13.9. The molecule has 24 heavy (non-hydrogen) atoms. The molecule has 128 valence electrons. The van der Waals surface area contributed by atoms with Crippen LogP contribution in [0.1, 0.15) is 24.8 Å². The molecule has 0 radical (unpaired) electrons. The fourth-order valence-electron chi connectivity index (χ4n) is 3.26. The van der Waals surface area contributed by atoms with E-state index < -0.39 is 40.4 Å². The summed E-state index contributed by atoms with van der Waals surface area (Å²) in [6.45, 7) is -0.329. The topological polar surface area (TPSA) is 81.1 Å². The Morgan fingerprint density at radius 3 is 2.54 bits per heavy atom. The number of amides is 1. The molecular weight excluding hydrogens is 322 g/mol. The molecule has 1 fully saturated rings. The van der Waals surface area contributed by atoms with Crippen LogP contribution in [0.5, 0.6) is 0 Å². The van der Waals surface area contributed by atoms with Gasteiger partial charge in [-0.2, -0.15) is 0 Å².